The lowest BCUT2D eigenvalue weighted by atomic mass is 10.1. The summed E-state index contributed by atoms with van der Waals surface area (Å²) in [4.78, 5) is 15.1. The summed E-state index contributed by atoms with van der Waals surface area (Å²) in [6.07, 6.45) is -8.17. The second-order valence-corrected chi connectivity index (χ2v) is 5.46. The van der Waals surface area contributed by atoms with Crippen LogP contribution in [0.2, 0.25) is 0 Å². The summed E-state index contributed by atoms with van der Waals surface area (Å²) in [6, 6.07) is 8.74. The number of hydrogen-bond donors (Lipinski definition) is 0. The number of carbonyl (C=O) groups is 1. The normalized spacial score (nSPS) is 12.2. The van der Waals surface area contributed by atoms with E-state index in [0.717, 1.165) is 24.3 Å². The molecule has 0 aliphatic heterocycles. The predicted molar refractivity (Wildman–Crippen MR) is 82.2 cm³/mol. The van der Waals surface area contributed by atoms with Crippen LogP contribution in [0.15, 0.2) is 54.9 Å². The van der Waals surface area contributed by atoms with Gasteiger partial charge in [0.25, 0.3) is 5.78 Å². The highest BCUT2D eigenvalue weighted by Crippen LogP contribution is 2.29. The van der Waals surface area contributed by atoms with Gasteiger partial charge in [-0.05, 0) is 24.3 Å². The first kappa shape index (κ1) is 18.6. The highest BCUT2D eigenvalue weighted by Gasteiger charge is 2.39. The van der Waals surface area contributed by atoms with E-state index in [4.69, 9.17) is 0 Å². The van der Waals surface area contributed by atoms with Gasteiger partial charge in [0, 0.05) is 11.1 Å². The Bertz CT molecular complexity index is 956. The zero-order valence-corrected chi connectivity index (χ0v) is 13.2. The van der Waals surface area contributed by atoms with Gasteiger partial charge in [0.05, 0.1) is 11.3 Å². The molecule has 3 aromatic rings. The van der Waals surface area contributed by atoms with Crippen molar-refractivity contribution < 1.29 is 31.1 Å². The van der Waals surface area contributed by atoms with Crippen molar-refractivity contribution in [3.8, 4) is 17.1 Å². The number of Topliss-reactive ketones (excluding diaryl/α,β-unsaturated/α-hetero) is 1. The van der Waals surface area contributed by atoms with E-state index in [1.165, 1.54) is 35.3 Å². The zero-order valence-electron chi connectivity index (χ0n) is 13.2. The Morgan fingerprint density at radius 1 is 0.852 bits per heavy atom. The number of benzene rings is 2. The number of alkyl halides is 6. The van der Waals surface area contributed by atoms with Crippen LogP contribution in [-0.4, -0.2) is 26.7 Å². The fraction of sp³-hybridized carbons (Fsp3) is 0.118. The molecule has 0 amide bonds. The third-order valence-corrected chi connectivity index (χ3v) is 3.61. The second kappa shape index (κ2) is 6.53. The highest BCUT2D eigenvalue weighted by atomic mass is 19.4. The fourth-order valence-electron chi connectivity index (χ4n) is 2.26. The van der Waals surface area contributed by atoms with Crippen LogP contribution in [0.4, 0.5) is 26.3 Å². The number of halogens is 6. The van der Waals surface area contributed by atoms with Gasteiger partial charge in [-0.3, -0.25) is 4.79 Å². The second-order valence-electron chi connectivity index (χ2n) is 5.46. The molecule has 0 spiro atoms. The quantitative estimate of drug-likeness (QED) is 0.485. The van der Waals surface area contributed by atoms with Gasteiger partial charge in [0.15, 0.2) is 5.82 Å². The van der Waals surface area contributed by atoms with Crippen LogP contribution in [0, 0.1) is 0 Å². The Kier molecular flexibility index (Phi) is 4.50. The third-order valence-electron chi connectivity index (χ3n) is 3.61. The Morgan fingerprint density at radius 3 is 1.96 bits per heavy atom. The molecule has 0 fully saturated rings. The van der Waals surface area contributed by atoms with E-state index in [2.05, 4.69) is 10.1 Å². The molecule has 0 atom stereocenters. The van der Waals surface area contributed by atoms with Crippen LogP contribution in [0.1, 0.15) is 15.9 Å². The molecule has 1 aromatic heterocycles. The van der Waals surface area contributed by atoms with Gasteiger partial charge in [0.2, 0.25) is 0 Å². The Labute approximate surface area is 148 Å². The van der Waals surface area contributed by atoms with E-state index in [1.54, 1.807) is 0 Å². The maximum atomic E-state index is 12.6. The van der Waals surface area contributed by atoms with Crippen molar-refractivity contribution in [1.82, 2.24) is 14.8 Å². The molecule has 0 saturated carbocycles. The molecule has 3 rings (SSSR count). The van der Waals surface area contributed by atoms with Crippen LogP contribution < -0.4 is 0 Å². The van der Waals surface area contributed by atoms with Crippen molar-refractivity contribution >= 4 is 5.78 Å². The molecule has 2 aromatic carbocycles. The number of aromatic nitrogens is 3. The SMILES string of the molecule is O=C(c1ccc(-c2ncn(-c3ccc(C(F)(F)F)cc3)n2)cc1)C(F)(F)F. The summed E-state index contributed by atoms with van der Waals surface area (Å²) in [5, 5.41) is 4.08. The zero-order chi connectivity index (χ0) is 19.8. The van der Waals surface area contributed by atoms with Crippen molar-refractivity contribution in [3.05, 3.63) is 66.0 Å². The smallest absolute Gasteiger partial charge is 0.284 e. The molecule has 0 aliphatic rings. The van der Waals surface area contributed by atoms with Gasteiger partial charge in [-0.25, -0.2) is 9.67 Å². The van der Waals surface area contributed by atoms with E-state index in [9.17, 15) is 31.1 Å². The average Bonchev–Trinajstić information content (AvgIpc) is 3.10. The first-order chi connectivity index (χ1) is 12.6. The topological polar surface area (TPSA) is 47.8 Å². The van der Waals surface area contributed by atoms with Gasteiger partial charge in [-0.15, -0.1) is 5.10 Å². The molecule has 140 valence electrons. The largest absolute Gasteiger partial charge is 0.454 e. The van der Waals surface area contributed by atoms with Crippen molar-refractivity contribution in [2.24, 2.45) is 0 Å². The summed E-state index contributed by atoms with van der Waals surface area (Å²) in [5.74, 6) is -1.82. The molecule has 4 nitrogen and oxygen atoms in total. The number of hydrogen-bond acceptors (Lipinski definition) is 3. The first-order valence-corrected chi connectivity index (χ1v) is 7.37. The van der Waals surface area contributed by atoms with Crippen LogP contribution >= 0.6 is 0 Å². The van der Waals surface area contributed by atoms with E-state index in [1.807, 2.05) is 0 Å². The molecular formula is C17H9F6N3O. The fourth-order valence-corrected chi connectivity index (χ4v) is 2.26. The maximum Gasteiger partial charge on any atom is 0.454 e. The van der Waals surface area contributed by atoms with Gasteiger partial charge in [-0.1, -0.05) is 24.3 Å². The average molecular weight is 385 g/mol. The van der Waals surface area contributed by atoms with Crippen molar-refractivity contribution in [1.29, 1.82) is 0 Å². The third kappa shape index (κ3) is 3.99. The number of ketones is 1. The molecule has 0 aliphatic carbocycles. The number of carbonyl (C=O) groups excluding carboxylic acids is 1. The molecule has 0 saturated heterocycles. The Morgan fingerprint density at radius 2 is 1.44 bits per heavy atom. The number of rotatable bonds is 3. The lowest BCUT2D eigenvalue weighted by Crippen LogP contribution is -2.22. The summed E-state index contributed by atoms with van der Waals surface area (Å²) in [5.41, 5.74) is -0.657. The van der Waals surface area contributed by atoms with E-state index < -0.39 is 29.3 Å². The van der Waals surface area contributed by atoms with Crippen LogP contribution in [0.5, 0.6) is 0 Å². The summed E-state index contributed by atoms with van der Waals surface area (Å²) in [7, 11) is 0. The van der Waals surface area contributed by atoms with Crippen LogP contribution in [0.25, 0.3) is 17.1 Å². The number of nitrogens with zero attached hydrogens (tertiary/aromatic N) is 3. The van der Waals surface area contributed by atoms with Gasteiger partial charge in [-0.2, -0.15) is 26.3 Å². The monoisotopic (exact) mass is 385 g/mol. The first-order valence-electron chi connectivity index (χ1n) is 7.37. The standard InChI is InChI=1S/C17H9F6N3O/c18-16(19,20)12-5-7-13(8-6-12)26-9-24-15(25-26)11-3-1-10(2-4-11)14(27)17(21,22)23/h1-9H. The molecule has 27 heavy (non-hydrogen) atoms. The van der Waals surface area contributed by atoms with E-state index in [0.29, 0.717) is 11.3 Å². The maximum absolute atomic E-state index is 12.6. The van der Waals surface area contributed by atoms with Crippen LogP contribution in [-0.2, 0) is 6.18 Å². The molecule has 0 radical (unpaired) electrons. The molecule has 0 bridgehead atoms. The summed E-state index contributed by atoms with van der Waals surface area (Å²) < 4.78 is 76.2. The highest BCUT2D eigenvalue weighted by molar-refractivity contribution is 6.00. The van der Waals surface area contributed by atoms with E-state index >= 15 is 0 Å². The predicted octanol–water partition coefficient (Wildman–Crippen LogP) is 4.70. The molecule has 0 unspecified atom stereocenters. The lowest BCUT2D eigenvalue weighted by molar-refractivity contribution is -0.137. The minimum absolute atomic E-state index is 0.140. The van der Waals surface area contributed by atoms with Gasteiger partial charge in [0.1, 0.15) is 6.33 Å². The van der Waals surface area contributed by atoms with Crippen LogP contribution in [0.3, 0.4) is 0 Å². The minimum Gasteiger partial charge on any atom is -0.284 e. The summed E-state index contributed by atoms with van der Waals surface area (Å²) in [6.45, 7) is 0. The Balaban J connectivity index is 1.83. The van der Waals surface area contributed by atoms with Crippen molar-refractivity contribution in [2.75, 3.05) is 0 Å². The lowest BCUT2D eigenvalue weighted by Gasteiger charge is -2.07. The minimum atomic E-state index is -4.97. The molecule has 1 heterocycles. The molecule has 10 heteroatoms. The summed E-state index contributed by atoms with van der Waals surface area (Å²) >= 11 is 0. The van der Waals surface area contributed by atoms with Crippen molar-refractivity contribution in [3.63, 3.8) is 0 Å². The molecular weight excluding hydrogens is 376 g/mol. The molecule has 0 N–H and O–H groups in total. The van der Waals surface area contributed by atoms with Gasteiger partial charge >= 0.3 is 12.4 Å². The van der Waals surface area contributed by atoms with Gasteiger partial charge < -0.3 is 0 Å². The van der Waals surface area contributed by atoms with Crippen molar-refractivity contribution in [2.45, 2.75) is 12.4 Å². The van der Waals surface area contributed by atoms with E-state index in [-0.39, 0.29) is 5.82 Å². The Hall–Kier alpha value is -3.17.